The maximum absolute atomic E-state index is 8.44. The molecule has 0 bridgehead atoms. The van der Waals surface area contributed by atoms with Crippen LogP contribution in [0.2, 0.25) is 0 Å². The van der Waals surface area contributed by atoms with Crippen molar-refractivity contribution >= 4 is 55.0 Å². The maximum Gasteiger partial charge on any atom is 0.137 e. The second-order valence-electron chi connectivity index (χ2n) is 16.5. The number of pyridine rings is 1. The summed E-state index contributed by atoms with van der Waals surface area (Å²) < 4.78 is 2.41. The average molecular weight is 790 g/mol. The molecule has 0 spiro atoms. The molecule has 3 heterocycles. The molecule has 2 aliphatic carbocycles. The number of rotatable bonds is 10. The predicted molar refractivity (Wildman–Crippen MR) is 257 cm³/mol. The van der Waals surface area contributed by atoms with E-state index in [4.69, 9.17) is 10.4 Å². The number of hydrogen-bond donors (Lipinski definition) is 3. The normalized spacial score (nSPS) is 13.4. The Bertz CT molecular complexity index is 3300. The number of fused-ring (bicyclic) bond motifs is 8. The van der Waals surface area contributed by atoms with Gasteiger partial charge in [-0.25, -0.2) is 4.98 Å². The molecule has 61 heavy (non-hydrogen) atoms. The van der Waals surface area contributed by atoms with Gasteiger partial charge in [-0.15, -0.1) is 0 Å². The number of nitrogens with one attached hydrogen (secondary N) is 3. The Morgan fingerprint density at radius 1 is 0.738 bits per heavy atom. The van der Waals surface area contributed by atoms with Crippen molar-refractivity contribution in [2.75, 3.05) is 6.54 Å². The third-order valence-corrected chi connectivity index (χ3v) is 13.0. The van der Waals surface area contributed by atoms with Crippen LogP contribution in [-0.2, 0) is 25.7 Å². The number of allylic oxidation sites excluding steroid dienone is 4. The summed E-state index contributed by atoms with van der Waals surface area (Å²) in [5, 5.41) is 17.2. The summed E-state index contributed by atoms with van der Waals surface area (Å²) in [4.78, 5) is 8.86. The maximum atomic E-state index is 8.44. The zero-order valence-electron chi connectivity index (χ0n) is 34.7. The average Bonchev–Trinajstić information content (AvgIpc) is 3.85. The van der Waals surface area contributed by atoms with Crippen LogP contribution in [0.4, 0.5) is 0 Å². The molecule has 5 heteroatoms. The number of aryl methyl sites for hydroxylation is 4. The van der Waals surface area contributed by atoms with E-state index in [1.807, 2.05) is 24.4 Å². The minimum Gasteiger partial charge on any atom is -0.385 e. The molecule has 3 N–H and O–H groups in total. The van der Waals surface area contributed by atoms with Gasteiger partial charge in [0.25, 0.3) is 0 Å². The van der Waals surface area contributed by atoms with E-state index >= 15 is 0 Å². The summed E-state index contributed by atoms with van der Waals surface area (Å²) in [5.41, 5.74) is 22.1. The number of nitrogens with zero attached hydrogens (tertiary/aromatic N) is 2. The molecule has 0 fully saturated rings. The van der Waals surface area contributed by atoms with Crippen LogP contribution in [0.1, 0.15) is 53.6 Å². The largest absolute Gasteiger partial charge is 0.385 e. The van der Waals surface area contributed by atoms with Gasteiger partial charge in [-0.3, -0.25) is 4.57 Å². The van der Waals surface area contributed by atoms with Gasteiger partial charge in [-0.05, 0) is 160 Å². The molecule has 0 unspecified atom stereocenters. The fourth-order valence-corrected chi connectivity index (χ4v) is 10.2. The summed E-state index contributed by atoms with van der Waals surface area (Å²) in [6, 6.07) is 42.4. The van der Waals surface area contributed by atoms with Crippen LogP contribution < -0.4 is 5.32 Å². The van der Waals surface area contributed by atoms with Gasteiger partial charge < -0.3 is 15.7 Å². The molecule has 0 aliphatic heterocycles. The molecule has 0 saturated carbocycles. The second-order valence-corrected chi connectivity index (χ2v) is 16.5. The van der Waals surface area contributed by atoms with Crippen molar-refractivity contribution in [3.05, 3.63) is 186 Å². The first-order valence-electron chi connectivity index (χ1n) is 21.7. The molecule has 3 aromatic heterocycles. The standard InChI is InChI=1S/C56H47N5/c1-4-7-10-48(57)36-16-12-34(13-17-36)39-23-27-51-45(31-39)47-33-41-21-20-40-32-46-44-30-38(35-14-18-37(19-15-35)49(6-3)58-28-5-2)22-26-50(44)60-55(46)42-24-25-43(54(41)53(40)42)56(47)61(51)52-11-8-9-29-59-52/h4,6-19,22-23,26-27,29-33,57-58,60H,1,5,20-21,24-25,28H2,2-3H3/b10-7-,49-6-,57-48?. The lowest BCUT2D eigenvalue weighted by Gasteiger charge is -2.31. The van der Waals surface area contributed by atoms with Crippen LogP contribution in [0.15, 0.2) is 152 Å². The smallest absolute Gasteiger partial charge is 0.137 e. The third-order valence-electron chi connectivity index (χ3n) is 13.0. The molecular weight excluding hydrogens is 743 g/mol. The highest BCUT2D eigenvalue weighted by Crippen LogP contribution is 2.50. The molecule has 0 radical (unpaired) electrons. The zero-order valence-corrected chi connectivity index (χ0v) is 34.7. The first-order valence-corrected chi connectivity index (χ1v) is 21.7. The first kappa shape index (κ1) is 36.8. The van der Waals surface area contributed by atoms with Gasteiger partial charge in [0.05, 0.1) is 22.3 Å². The molecule has 296 valence electrons. The van der Waals surface area contributed by atoms with Gasteiger partial charge in [-0.1, -0.05) is 98.5 Å². The van der Waals surface area contributed by atoms with E-state index in [-0.39, 0.29) is 0 Å². The number of aromatic nitrogens is 3. The van der Waals surface area contributed by atoms with Gasteiger partial charge in [0.15, 0.2) is 0 Å². The fourth-order valence-electron chi connectivity index (χ4n) is 10.2. The van der Waals surface area contributed by atoms with E-state index in [0.29, 0.717) is 5.71 Å². The lowest BCUT2D eigenvalue weighted by molar-refractivity contribution is 0.823. The molecule has 0 amide bonds. The molecule has 11 rings (SSSR count). The third kappa shape index (κ3) is 5.98. The second kappa shape index (κ2) is 14.8. The van der Waals surface area contributed by atoms with Crippen LogP contribution in [0.5, 0.6) is 0 Å². The van der Waals surface area contributed by atoms with Crippen molar-refractivity contribution < 1.29 is 0 Å². The summed E-state index contributed by atoms with van der Waals surface area (Å²) in [6.07, 6.45) is 14.4. The van der Waals surface area contributed by atoms with Gasteiger partial charge in [0.2, 0.25) is 0 Å². The van der Waals surface area contributed by atoms with E-state index in [2.05, 4.69) is 138 Å². The topological polar surface area (TPSA) is 69.5 Å². The van der Waals surface area contributed by atoms with E-state index in [0.717, 1.165) is 61.2 Å². The molecule has 0 atom stereocenters. The highest BCUT2D eigenvalue weighted by atomic mass is 15.1. The Balaban J connectivity index is 1.04. The highest BCUT2D eigenvalue weighted by Gasteiger charge is 2.32. The van der Waals surface area contributed by atoms with Gasteiger partial charge in [-0.2, -0.15) is 0 Å². The summed E-state index contributed by atoms with van der Waals surface area (Å²) in [6.45, 7) is 9.01. The minimum absolute atomic E-state index is 0.472. The van der Waals surface area contributed by atoms with E-state index < -0.39 is 0 Å². The van der Waals surface area contributed by atoms with Crippen molar-refractivity contribution in [2.45, 2.75) is 46.0 Å². The number of benzene rings is 6. The Morgan fingerprint density at radius 3 is 2.11 bits per heavy atom. The van der Waals surface area contributed by atoms with Crippen molar-refractivity contribution in [3.63, 3.8) is 0 Å². The van der Waals surface area contributed by atoms with Crippen molar-refractivity contribution in [2.24, 2.45) is 0 Å². The Hall–Kier alpha value is -7.24. The first-order chi connectivity index (χ1) is 30.0. The lowest BCUT2D eigenvalue weighted by Crippen LogP contribution is -2.15. The van der Waals surface area contributed by atoms with E-state index in [1.54, 1.807) is 18.2 Å². The van der Waals surface area contributed by atoms with Gasteiger partial charge >= 0.3 is 0 Å². The van der Waals surface area contributed by atoms with Gasteiger partial charge in [0.1, 0.15) is 5.82 Å². The van der Waals surface area contributed by atoms with E-state index in [9.17, 15) is 0 Å². The van der Waals surface area contributed by atoms with Crippen LogP contribution in [0.3, 0.4) is 0 Å². The Labute approximate surface area is 356 Å². The molecule has 2 aliphatic rings. The molecule has 5 nitrogen and oxygen atoms in total. The Kier molecular flexibility index (Phi) is 8.93. The summed E-state index contributed by atoms with van der Waals surface area (Å²) >= 11 is 0. The lowest BCUT2D eigenvalue weighted by atomic mass is 9.74. The SMILES string of the molecule is C=C/C=C\C(=N)c1ccc(-c2ccc3c(c2)c2cc4c5c(c2n3-c2ccccn2)CCc2c-5c(cc3c2[nH]c2ccc(-c5ccc(/C(=C/C)NCCC)cc5)cc23)CC4)cc1. The van der Waals surface area contributed by atoms with Crippen molar-refractivity contribution in [1.82, 2.24) is 19.9 Å². The van der Waals surface area contributed by atoms with Crippen molar-refractivity contribution in [1.29, 1.82) is 5.41 Å². The quantitative estimate of drug-likeness (QED) is 0.0954. The molecule has 0 saturated heterocycles. The zero-order chi connectivity index (χ0) is 41.2. The number of H-pyrrole nitrogens is 1. The van der Waals surface area contributed by atoms with E-state index in [1.165, 1.54) is 99.4 Å². The minimum atomic E-state index is 0.472. The molecule has 6 aromatic carbocycles. The number of aromatic amines is 1. The van der Waals surface area contributed by atoms with Crippen LogP contribution >= 0.6 is 0 Å². The van der Waals surface area contributed by atoms with Crippen LogP contribution in [-0.4, -0.2) is 26.8 Å². The van der Waals surface area contributed by atoms with Crippen molar-refractivity contribution in [3.8, 4) is 39.2 Å². The molecule has 9 aromatic rings. The van der Waals surface area contributed by atoms with Crippen LogP contribution in [0, 0.1) is 5.41 Å². The van der Waals surface area contributed by atoms with Gasteiger partial charge in [0, 0.05) is 45.5 Å². The fraction of sp³-hybridized carbons (Fsp3) is 0.143. The Morgan fingerprint density at radius 2 is 1.41 bits per heavy atom. The monoisotopic (exact) mass is 789 g/mol. The number of hydrogen-bond acceptors (Lipinski definition) is 3. The highest BCUT2D eigenvalue weighted by molar-refractivity contribution is 6.16. The predicted octanol–water partition coefficient (Wildman–Crippen LogP) is 13.5. The summed E-state index contributed by atoms with van der Waals surface area (Å²) in [5.74, 6) is 0.940. The molecular formula is C56H47N5. The summed E-state index contributed by atoms with van der Waals surface area (Å²) in [7, 11) is 0. The van der Waals surface area contributed by atoms with Crippen LogP contribution in [0.25, 0.3) is 88.5 Å².